The van der Waals surface area contributed by atoms with Crippen LogP contribution >= 0.6 is 11.5 Å². The number of nitrogens with zero attached hydrogens (tertiary/aromatic N) is 3. The summed E-state index contributed by atoms with van der Waals surface area (Å²) < 4.78 is 9.68. The lowest BCUT2D eigenvalue weighted by Crippen LogP contribution is -2.05. The van der Waals surface area contributed by atoms with Crippen molar-refractivity contribution in [1.29, 1.82) is 0 Å². The van der Waals surface area contributed by atoms with Crippen LogP contribution in [0.5, 0.6) is 5.75 Å². The van der Waals surface area contributed by atoms with Gasteiger partial charge in [-0.1, -0.05) is 35.8 Å². The van der Waals surface area contributed by atoms with E-state index in [-0.39, 0.29) is 0 Å². The number of aryl methyl sites for hydroxylation is 3. The largest absolute Gasteiger partial charge is 0.497 e. The van der Waals surface area contributed by atoms with Gasteiger partial charge in [0.1, 0.15) is 5.75 Å². The van der Waals surface area contributed by atoms with E-state index in [1.165, 1.54) is 10.4 Å². The molecule has 0 spiro atoms. The van der Waals surface area contributed by atoms with Gasteiger partial charge in [-0.25, -0.2) is 4.98 Å². The summed E-state index contributed by atoms with van der Waals surface area (Å²) in [5.41, 5.74) is 3.49. The SMILES string of the molecule is COc1ccc(CCCn2cccc3sn(C)c4ccccc4nc2-3)cc1. The second kappa shape index (κ2) is 7.84. The number of hydrogen-bond donors (Lipinski definition) is 0. The lowest BCUT2D eigenvalue weighted by molar-refractivity contribution is 0.414. The number of fused-ring (bicyclic) bond motifs is 2. The number of rotatable bonds is 5. The Kier molecular flexibility index (Phi) is 5.12. The quantitative estimate of drug-likeness (QED) is 0.472. The van der Waals surface area contributed by atoms with Crippen LogP contribution in [0.4, 0.5) is 0 Å². The second-order valence-electron chi connectivity index (χ2n) is 6.53. The first-order valence-electron chi connectivity index (χ1n) is 9.12. The van der Waals surface area contributed by atoms with E-state index in [0.717, 1.165) is 42.0 Å². The summed E-state index contributed by atoms with van der Waals surface area (Å²) in [6.45, 7) is 0.936. The molecular formula is C22H23N3OS. The van der Waals surface area contributed by atoms with Gasteiger partial charge in [0.2, 0.25) is 0 Å². The molecule has 0 N–H and O–H groups in total. The fraction of sp³-hybridized carbons (Fsp3) is 0.227. The maximum absolute atomic E-state index is 5.23. The predicted octanol–water partition coefficient (Wildman–Crippen LogP) is 5.31. The number of pyridine rings is 1. The predicted molar refractivity (Wildman–Crippen MR) is 112 cm³/mol. The van der Waals surface area contributed by atoms with Gasteiger partial charge in [0.05, 0.1) is 23.0 Å². The molecular weight excluding hydrogens is 354 g/mol. The molecule has 5 heteroatoms. The van der Waals surface area contributed by atoms with Gasteiger partial charge in [-0.2, -0.15) is 0 Å². The Bertz CT molecular complexity index is 1060. The number of para-hydroxylation sites is 2. The molecule has 0 saturated carbocycles. The van der Waals surface area contributed by atoms with Crippen LogP contribution in [0.15, 0.2) is 66.9 Å². The maximum atomic E-state index is 5.23. The first-order chi connectivity index (χ1) is 13.2. The van der Waals surface area contributed by atoms with Gasteiger partial charge in [0.15, 0.2) is 5.82 Å². The van der Waals surface area contributed by atoms with Crippen molar-refractivity contribution < 1.29 is 4.74 Å². The molecule has 4 rings (SSSR count). The van der Waals surface area contributed by atoms with Crippen molar-refractivity contribution in [3.63, 3.8) is 0 Å². The fourth-order valence-corrected chi connectivity index (χ4v) is 4.21. The topological polar surface area (TPSA) is 32.0 Å². The smallest absolute Gasteiger partial charge is 0.152 e. The zero-order valence-electron chi connectivity index (χ0n) is 15.6. The molecule has 0 fully saturated rings. The van der Waals surface area contributed by atoms with Crippen LogP contribution in [0.25, 0.3) is 21.7 Å². The van der Waals surface area contributed by atoms with Gasteiger partial charge in [-0.05, 0) is 54.8 Å². The Morgan fingerprint density at radius 2 is 1.81 bits per heavy atom. The molecule has 0 bridgehead atoms. The first-order valence-corrected chi connectivity index (χ1v) is 9.90. The first kappa shape index (κ1) is 17.6. The van der Waals surface area contributed by atoms with Crippen molar-refractivity contribution in [2.24, 2.45) is 7.05 Å². The third kappa shape index (κ3) is 3.83. The molecule has 0 atom stereocenters. The molecule has 2 aliphatic rings. The standard InChI is InChI=1S/C22H23N3OS/c1-24-20-9-4-3-8-19(20)23-22-21(27-24)10-6-16-25(22)15-5-7-17-11-13-18(26-2)14-12-17/h3-4,6,8-14,16H,5,7,15H2,1-2H3. The van der Waals surface area contributed by atoms with Gasteiger partial charge in [0, 0.05) is 19.8 Å². The van der Waals surface area contributed by atoms with Crippen molar-refractivity contribution in [2.45, 2.75) is 19.4 Å². The number of benzene rings is 2. The summed E-state index contributed by atoms with van der Waals surface area (Å²) in [5.74, 6) is 1.94. The molecule has 2 aromatic carbocycles. The average molecular weight is 378 g/mol. The van der Waals surface area contributed by atoms with Crippen molar-refractivity contribution in [3.05, 3.63) is 72.4 Å². The molecule has 2 heterocycles. The summed E-state index contributed by atoms with van der Waals surface area (Å²) in [5, 5.41) is 0. The normalized spacial score (nSPS) is 11.0. The fourth-order valence-electron chi connectivity index (χ4n) is 3.27. The van der Waals surface area contributed by atoms with Gasteiger partial charge in [-0.15, -0.1) is 0 Å². The minimum absolute atomic E-state index is 0.903. The Morgan fingerprint density at radius 3 is 2.63 bits per heavy atom. The minimum atomic E-state index is 0.903. The van der Waals surface area contributed by atoms with Crippen LogP contribution in [0, 0.1) is 0 Å². The molecule has 0 amide bonds. The van der Waals surface area contributed by atoms with Crippen LogP contribution in [-0.2, 0) is 20.0 Å². The van der Waals surface area contributed by atoms with E-state index in [4.69, 9.17) is 9.72 Å². The van der Waals surface area contributed by atoms with Crippen LogP contribution < -0.4 is 4.74 Å². The summed E-state index contributed by atoms with van der Waals surface area (Å²) in [6.07, 6.45) is 4.22. The van der Waals surface area contributed by atoms with Crippen molar-refractivity contribution in [1.82, 2.24) is 13.5 Å². The van der Waals surface area contributed by atoms with E-state index in [2.05, 4.69) is 64.2 Å². The van der Waals surface area contributed by atoms with Gasteiger partial charge in [-0.3, -0.25) is 3.96 Å². The van der Waals surface area contributed by atoms with E-state index in [1.54, 1.807) is 18.6 Å². The van der Waals surface area contributed by atoms with Crippen LogP contribution in [0.1, 0.15) is 12.0 Å². The zero-order chi connectivity index (χ0) is 18.6. The van der Waals surface area contributed by atoms with E-state index in [9.17, 15) is 0 Å². The summed E-state index contributed by atoms with van der Waals surface area (Å²) >= 11 is 1.73. The maximum Gasteiger partial charge on any atom is 0.152 e. The van der Waals surface area contributed by atoms with E-state index in [1.807, 2.05) is 18.2 Å². The molecule has 4 nitrogen and oxygen atoms in total. The highest BCUT2D eigenvalue weighted by atomic mass is 32.1. The summed E-state index contributed by atoms with van der Waals surface area (Å²) in [7, 11) is 3.79. The van der Waals surface area contributed by atoms with Gasteiger partial charge in [0.25, 0.3) is 0 Å². The van der Waals surface area contributed by atoms with Crippen LogP contribution in [0.2, 0.25) is 0 Å². The van der Waals surface area contributed by atoms with Crippen LogP contribution in [0.3, 0.4) is 0 Å². The Hall–Kier alpha value is -2.79. The number of hydrogen-bond acceptors (Lipinski definition) is 3. The average Bonchev–Trinajstić information content (AvgIpc) is 2.85. The minimum Gasteiger partial charge on any atom is -0.497 e. The molecule has 0 unspecified atom stereocenters. The molecule has 2 aliphatic heterocycles. The molecule has 138 valence electrons. The molecule has 0 saturated heterocycles. The molecule has 0 aliphatic carbocycles. The van der Waals surface area contributed by atoms with E-state index in [0.29, 0.717) is 0 Å². The Morgan fingerprint density at radius 1 is 1.00 bits per heavy atom. The second-order valence-corrected chi connectivity index (χ2v) is 7.70. The highest BCUT2D eigenvalue weighted by Crippen LogP contribution is 2.26. The number of aromatic nitrogens is 3. The van der Waals surface area contributed by atoms with E-state index >= 15 is 0 Å². The number of ether oxygens (including phenoxy) is 1. The molecule has 27 heavy (non-hydrogen) atoms. The lowest BCUT2D eigenvalue weighted by Gasteiger charge is -2.12. The summed E-state index contributed by atoms with van der Waals surface area (Å²) in [4.78, 5) is 6.17. The third-order valence-electron chi connectivity index (χ3n) is 4.71. The zero-order valence-corrected chi connectivity index (χ0v) is 16.4. The van der Waals surface area contributed by atoms with Crippen LogP contribution in [-0.4, -0.2) is 20.6 Å². The third-order valence-corrected chi connectivity index (χ3v) is 5.70. The molecule has 0 radical (unpaired) electrons. The Balaban J connectivity index is 1.61. The lowest BCUT2D eigenvalue weighted by atomic mass is 10.1. The van der Waals surface area contributed by atoms with Crippen molar-refractivity contribution in [3.8, 4) is 16.5 Å². The monoisotopic (exact) mass is 377 g/mol. The van der Waals surface area contributed by atoms with Crippen molar-refractivity contribution >= 4 is 22.6 Å². The van der Waals surface area contributed by atoms with Gasteiger partial charge < -0.3 is 9.30 Å². The molecule has 2 aromatic rings. The highest BCUT2D eigenvalue weighted by Gasteiger charge is 2.09. The Labute approximate surface area is 163 Å². The molecule has 0 aromatic heterocycles. The number of methoxy groups -OCH3 is 1. The van der Waals surface area contributed by atoms with Crippen molar-refractivity contribution in [2.75, 3.05) is 7.11 Å². The summed E-state index contributed by atoms with van der Waals surface area (Å²) in [6, 6.07) is 20.9. The van der Waals surface area contributed by atoms with Gasteiger partial charge >= 0.3 is 0 Å². The highest BCUT2D eigenvalue weighted by molar-refractivity contribution is 7.10. The van der Waals surface area contributed by atoms with E-state index < -0.39 is 0 Å².